The Labute approximate surface area is 143 Å². The number of nitrogens with one attached hydrogen (secondary N) is 2. The van der Waals surface area contributed by atoms with E-state index in [-0.39, 0.29) is 24.7 Å². The van der Waals surface area contributed by atoms with Gasteiger partial charge < -0.3 is 15.4 Å². The summed E-state index contributed by atoms with van der Waals surface area (Å²) in [5.74, 6) is -1.26. The van der Waals surface area contributed by atoms with Gasteiger partial charge in [-0.05, 0) is 31.5 Å². The van der Waals surface area contributed by atoms with Gasteiger partial charge in [0, 0.05) is 4.88 Å². The molecule has 2 rings (SSSR count). The SMILES string of the molecule is CCOC(=O)c1cc(CC)sc1NC(=O)CNc1ccccc1F. The number of ether oxygens (including phenoxy) is 1. The molecule has 5 nitrogen and oxygen atoms in total. The number of halogens is 1. The maximum Gasteiger partial charge on any atom is 0.341 e. The van der Waals surface area contributed by atoms with Crippen molar-refractivity contribution < 1.29 is 18.7 Å². The van der Waals surface area contributed by atoms with Gasteiger partial charge in [0.25, 0.3) is 0 Å². The maximum absolute atomic E-state index is 13.5. The van der Waals surface area contributed by atoms with Crippen LogP contribution in [-0.4, -0.2) is 25.0 Å². The zero-order valence-electron chi connectivity index (χ0n) is 13.5. The minimum absolute atomic E-state index is 0.109. The van der Waals surface area contributed by atoms with E-state index in [2.05, 4.69) is 10.6 Å². The number of para-hydroxylation sites is 1. The van der Waals surface area contributed by atoms with E-state index in [1.165, 1.54) is 17.4 Å². The number of anilines is 2. The molecule has 0 saturated carbocycles. The first-order chi connectivity index (χ1) is 11.5. The van der Waals surface area contributed by atoms with E-state index in [1.54, 1.807) is 31.2 Å². The van der Waals surface area contributed by atoms with Crippen LogP contribution < -0.4 is 10.6 Å². The van der Waals surface area contributed by atoms with Gasteiger partial charge in [0.1, 0.15) is 10.8 Å². The van der Waals surface area contributed by atoms with Gasteiger partial charge in [-0.1, -0.05) is 19.1 Å². The summed E-state index contributed by atoms with van der Waals surface area (Å²) in [6.45, 7) is 3.84. The Morgan fingerprint density at radius 2 is 2.00 bits per heavy atom. The first-order valence-electron chi connectivity index (χ1n) is 7.63. The topological polar surface area (TPSA) is 67.4 Å². The van der Waals surface area contributed by atoms with Crippen LogP contribution in [0.4, 0.5) is 15.1 Å². The van der Waals surface area contributed by atoms with Crippen molar-refractivity contribution >= 4 is 33.9 Å². The minimum atomic E-state index is -0.467. The standard InChI is InChI=1S/C17H19FN2O3S/c1-3-11-9-12(17(22)23-4-2)16(24-11)20-15(21)10-19-14-8-6-5-7-13(14)18/h5-9,19H,3-4,10H2,1-2H3,(H,20,21). The number of carbonyl (C=O) groups excluding carboxylic acids is 2. The fourth-order valence-corrected chi connectivity index (χ4v) is 3.02. The molecular weight excluding hydrogens is 331 g/mol. The lowest BCUT2D eigenvalue weighted by Crippen LogP contribution is -2.22. The fourth-order valence-electron chi connectivity index (χ4n) is 2.02. The van der Waals surface area contributed by atoms with Gasteiger partial charge in [-0.25, -0.2) is 9.18 Å². The average molecular weight is 350 g/mol. The van der Waals surface area contributed by atoms with E-state index >= 15 is 0 Å². The number of hydrogen-bond acceptors (Lipinski definition) is 5. The molecule has 1 aromatic heterocycles. The predicted molar refractivity (Wildman–Crippen MR) is 93.2 cm³/mol. The van der Waals surface area contributed by atoms with Crippen molar-refractivity contribution in [1.82, 2.24) is 0 Å². The van der Waals surface area contributed by atoms with Crippen LogP contribution in [0.2, 0.25) is 0 Å². The highest BCUT2D eigenvalue weighted by molar-refractivity contribution is 7.16. The van der Waals surface area contributed by atoms with Gasteiger partial charge in [0.2, 0.25) is 5.91 Å². The second-order valence-corrected chi connectivity index (χ2v) is 6.05. The molecule has 1 amide bonds. The smallest absolute Gasteiger partial charge is 0.341 e. The first-order valence-corrected chi connectivity index (χ1v) is 8.44. The molecule has 24 heavy (non-hydrogen) atoms. The van der Waals surface area contributed by atoms with E-state index in [4.69, 9.17) is 4.74 Å². The molecule has 2 aromatic rings. The summed E-state index contributed by atoms with van der Waals surface area (Å²) in [5, 5.41) is 5.87. The highest BCUT2D eigenvalue weighted by Crippen LogP contribution is 2.29. The third-order valence-corrected chi connectivity index (χ3v) is 4.39. The summed E-state index contributed by atoms with van der Waals surface area (Å²) >= 11 is 1.33. The molecule has 0 bridgehead atoms. The molecule has 0 saturated heterocycles. The molecule has 128 valence electrons. The molecule has 0 atom stereocenters. The number of aryl methyl sites for hydroxylation is 1. The van der Waals surface area contributed by atoms with Crippen LogP contribution in [-0.2, 0) is 16.0 Å². The van der Waals surface area contributed by atoms with Crippen molar-refractivity contribution in [3.8, 4) is 0 Å². The monoisotopic (exact) mass is 350 g/mol. The van der Waals surface area contributed by atoms with Gasteiger partial charge in [-0.15, -0.1) is 11.3 Å². The molecule has 7 heteroatoms. The number of benzene rings is 1. The van der Waals surface area contributed by atoms with Gasteiger partial charge in [-0.2, -0.15) is 0 Å². The number of thiophene rings is 1. The Bertz CT molecular complexity index is 730. The molecule has 0 fully saturated rings. The molecule has 1 aromatic carbocycles. The van der Waals surface area contributed by atoms with Crippen molar-refractivity contribution in [2.24, 2.45) is 0 Å². The first kappa shape index (κ1) is 17.9. The Hall–Kier alpha value is -2.41. The number of hydrogen-bond donors (Lipinski definition) is 2. The van der Waals surface area contributed by atoms with E-state index < -0.39 is 11.8 Å². The van der Waals surface area contributed by atoms with E-state index in [9.17, 15) is 14.0 Å². The Balaban J connectivity index is 2.04. The third-order valence-electron chi connectivity index (χ3n) is 3.19. The van der Waals surface area contributed by atoms with Crippen LogP contribution in [0.1, 0.15) is 29.1 Å². The predicted octanol–water partition coefficient (Wildman–Crippen LogP) is 3.68. The van der Waals surface area contributed by atoms with Crippen LogP contribution in [0.3, 0.4) is 0 Å². The van der Waals surface area contributed by atoms with Gasteiger partial charge in [-0.3, -0.25) is 4.79 Å². The zero-order valence-corrected chi connectivity index (χ0v) is 14.3. The molecule has 0 aliphatic rings. The van der Waals surface area contributed by atoms with Gasteiger partial charge in [0.15, 0.2) is 0 Å². The number of rotatable bonds is 7. The van der Waals surface area contributed by atoms with Crippen molar-refractivity contribution in [3.63, 3.8) is 0 Å². The Morgan fingerprint density at radius 3 is 2.67 bits per heavy atom. The van der Waals surface area contributed by atoms with E-state index in [0.717, 1.165) is 11.3 Å². The molecule has 0 unspecified atom stereocenters. The number of carbonyl (C=O) groups is 2. The summed E-state index contributed by atoms with van der Waals surface area (Å²) in [6.07, 6.45) is 0.750. The molecule has 0 radical (unpaired) electrons. The minimum Gasteiger partial charge on any atom is -0.462 e. The summed E-state index contributed by atoms with van der Waals surface area (Å²) in [6, 6.07) is 7.83. The average Bonchev–Trinajstić information content (AvgIpc) is 2.97. The van der Waals surface area contributed by atoms with Crippen LogP contribution in [0, 0.1) is 5.82 Å². The van der Waals surface area contributed by atoms with Gasteiger partial charge in [0.05, 0.1) is 24.4 Å². The lowest BCUT2D eigenvalue weighted by atomic mass is 10.2. The van der Waals surface area contributed by atoms with Crippen molar-refractivity contribution in [3.05, 3.63) is 46.6 Å². The Kier molecular flexibility index (Phi) is 6.31. The van der Waals surface area contributed by atoms with Crippen molar-refractivity contribution in [2.45, 2.75) is 20.3 Å². The lowest BCUT2D eigenvalue weighted by molar-refractivity contribution is -0.114. The fraction of sp³-hybridized carbons (Fsp3) is 0.294. The zero-order chi connectivity index (χ0) is 17.5. The molecule has 1 heterocycles. The lowest BCUT2D eigenvalue weighted by Gasteiger charge is -2.08. The number of esters is 1. The second kappa shape index (κ2) is 8.44. The highest BCUT2D eigenvalue weighted by Gasteiger charge is 2.18. The summed E-state index contributed by atoms with van der Waals surface area (Å²) in [5.41, 5.74) is 0.594. The molecule has 0 aliphatic heterocycles. The molecular formula is C17H19FN2O3S. The van der Waals surface area contributed by atoms with Crippen LogP contribution in [0.15, 0.2) is 30.3 Å². The highest BCUT2D eigenvalue weighted by atomic mass is 32.1. The number of amides is 1. The second-order valence-electron chi connectivity index (χ2n) is 4.91. The van der Waals surface area contributed by atoms with Crippen LogP contribution in [0.25, 0.3) is 0 Å². The normalized spacial score (nSPS) is 10.3. The summed E-state index contributed by atoms with van der Waals surface area (Å²) in [7, 11) is 0. The molecule has 0 spiro atoms. The summed E-state index contributed by atoms with van der Waals surface area (Å²) in [4.78, 5) is 25.0. The van der Waals surface area contributed by atoms with Crippen molar-refractivity contribution in [1.29, 1.82) is 0 Å². The molecule has 2 N–H and O–H groups in total. The molecule has 0 aliphatic carbocycles. The quantitative estimate of drug-likeness (QED) is 0.748. The largest absolute Gasteiger partial charge is 0.462 e. The van der Waals surface area contributed by atoms with Crippen LogP contribution >= 0.6 is 11.3 Å². The Morgan fingerprint density at radius 1 is 1.25 bits per heavy atom. The third kappa shape index (κ3) is 4.55. The summed E-state index contributed by atoms with van der Waals surface area (Å²) < 4.78 is 18.5. The van der Waals surface area contributed by atoms with E-state index in [0.29, 0.717) is 10.6 Å². The van der Waals surface area contributed by atoms with E-state index in [1.807, 2.05) is 6.92 Å². The van der Waals surface area contributed by atoms with Gasteiger partial charge >= 0.3 is 5.97 Å². The van der Waals surface area contributed by atoms with Crippen LogP contribution in [0.5, 0.6) is 0 Å². The maximum atomic E-state index is 13.5. The van der Waals surface area contributed by atoms with Crippen molar-refractivity contribution in [2.75, 3.05) is 23.8 Å².